The van der Waals surface area contributed by atoms with Crippen molar-refractivity contribution in [3.8, 4) is 11.5 Å². The third-order valence-corrected chi connectivity index (χ3v) is 14.8. The number of hydrogen-bond acceptors (Lipinski definition) is 10. The Hall–Kier alpha value is -4.21. The molecule has 3 fully saturated rings. The van der Waals surface area contributed by atoms with Crippen molar-refractivity contribution in [1.82, 2.24) is 14.6 Å². The van der Waals surface area contributed by atoms with Gasteiger partial charge in [-0.15, -0.1) is 0 Å². The Labute approximate surface area is 330 Å². The maximum atomic E-state index is 14.7. The zero-order valence-electron chi connectivity index (χ0n) is 32.5. The summed E-state index contributed by atoms with van der Waals surface area (Å²) in [6.45, 7) is 3.33. The number of nitrogens with zero attached hydrogens (tertiary/aromatic N) is 2. The summed E-state index contributed by atoms with van der Waals surface area (Å²) in [6, 6.07) is 3.35. The first kappa shape index (κ1) is 41.0. The number of pyridine rings is 1. The van der Waals surface area contributed by atoms with Gasteiger partial charge in [0.1, 0.15) is 11.4 Å². The van der Waals surface area contributed by atoms with E-state index in [1.165, 1.54) is 24.1 Å². The second kappa shape index (κ2) is 15.2. The van der Waals surface area contributed by atoms with E-state index in [0.717, 1.165) is 12.8 Å². The third-order valence-electron chi connectivity index (χ3n) is 12.6. The molecular weight excluding hydrogens is 768 g/mol. The van der Waals surface area contributed by atoms with E-state index in [0.29, 0.717) is 49.7 Å². The highest BCUT2D eigenvalue weighted by Gasteiger charge is 2.63. The molecule has 0 bridgehead atoms. The van der Waals surface area contributed by atoms with E-state index in [4.69, 9.17) is 14.2 Å². The van der Waals surface area contributed by atoms with E-state index < -0.39 is 91.3 Å². The molecule has 57 heavy (non-hydrogen) atoms. The molecule has 1 spiro atoms. The fraction of sp³-hybridized carbons (Fsp3) is 0.634. The van der Waals surface area contributed by atoms with Crippen LogP contribution in [-0.4, -0.2) is 78.5 Å². The van der Waals surface area contributed by atoms with Crippen LogP contribution in [0.5, 0.6) is 11.5 Å². The standard InChI is InChI=1S/C41H50F3N3O9S/c1-4-18-55-33(49)19-25-10-8-6-5-7-9-11-26-21-40(26,37(51)46-57(52,53)38(2)16-17-38)23-32(48)31-22-39(24-47(31)36(25)50)15-14-28-29-20-27(54-3)12-13-30(29)45-35(34(28)56-39)41(42,43)44/h9,11-13,20,25-26,31H,4-8,10,14-19,21-24H2,1-3H3,(H,46,51)/b11-9-/t25-,26-,31+,39-,40-/m1/s1. The van der Waals surface area contributed by atoms with E-state index >= 15 is 0 Å². The molecule has 16 heteroatoms. The minimum atomic E-state index is -4.90. The number of rotatable bonds is 8. The summed E-state index contributed by atoms with van der Waals surface area (Å²) in [5.74, 6) is -3.77. The summed E-state index contributed by atoms with van der Waals surface area (Å²) >= 11 is 0. The Kier molecular flexibility index (Phi) is 10.9. The van der Waals surface area contributed by atoms with Gasteiger partial charge in [-0.3, -0.25) is 23.9 Å². The van der Waals surface area contributed by atoms with E-state index in [1.54, 1.807) is 13.0 Å². The van der Waals surface area contributed by atoms with E-state index in [-0.39, 0.29) is 56.3 Å². The average Bonchev–Trinajstić information content (AvgIpc) is 4.06. The van der Waals surface area contributed by atoms with Gasteiger partial charge in [0.2, 0.25) is 21.8 Å². The molecule has 7 rings (SSSR count). The SMILES string of the molecule is CCCOC(=O)C[C@H]1CCCCC/C=C\[C@@H]2C[C@@]2(C(=O)NS(=O)(=O)C2(C)CC2)CC(=O)[C@@H]2C[C@]3(CCc4c(c(C(F)(F)F)nc5ccc(OC)cc45)O3)CN2C1=O. The van der Waals surface area contributed by atoms with E-state index in [1.807, 2.05) is 19.1 Å². The lowest BCUT2D eigenvalue weighted by Crippen LogP contribution is -2.48. The molecule has 1 N–H and O–H groups in total. The van der Waals surface area contributed by atoms with Crippen molar-refractivity contribution in [2.75, 3.05) is 20.3 Å². The minimum Gasteiger partial charge on any atom is -0.497 e. The monoisotopic (exact) mass is 817 g/mol. The van der Waals surface area contributed by atoms with Gasteiger partial charge in [0, 0.05) is 29.7 Å². The number of benzene rings is 1. The number of alkyl halides is 3. The summed E-state index contributed by atoms with van der Waals surface area (Å²) in [4.78, 5) is 61.6. The number of methoxy groups -OCH3 is 1. The molecule has 2 saturated carbocycles. The third kappa shape index (κ3) is 7.99. The smallest absolute Gasteiger partial charge is 0.437 e. The molecule has 1 saturated heterocycles. The highest BCUT2D eigenvalue weighted by Crippen LogP contribution is 2.58. The molecule has 5 aliphatic rings. The van der Waals surface area contributed by atoms with Crippen LogP contribution in [0.3, 0.4) is 0 Å². The van der Waals surface area contributed by atoms with Gasteiger partial charge in [0.05, 0.1) is 48.4 Å². The predicted octanol–water partition coefficient (Wildman–Crippen LogP) is 6.37. The summed E-state index contributed by atoms with van der Waals surface area (Å²) in [5, 5.41) is 0.425. The molecular formula is C41H50F3N3O9S. The van der Waals surface area contributed by atoms with Crippen molar-refractivity contribution in [2.45, 2.75) is 126 Å². The molecule has 2 aliphatic carbocycles. The number of aryl methyl sites for hydroxylation is 1. The van der Waals surface area contributed by atoms with Crippen LogP contribution in [0.15, 0.2) is 30.4 Å². The average molecular weight is 818 g/mol. The number of allylic oxidation sites excluding steroid dienone is 2. The number of carbonyl (C=O) groups is 4. The van der Waals surface area contributed by atoms with Gasteiger partial charge in [-0.2, -0.15) is 13.2 Å². The van der Waals surface area contributed by atoms with Crippen LogP contribution in [0, 0.1) is 17.3 Å². The summed E-state index contributed by atoms with van der Waals surface area (Å²) in [7, 11) is -2.59. The van der Waals surface area contributed by atoms with Crippen molar-refractivity contribution >= 4 is 44.5 Å². The van der Waals surface area contributed by atoms with Gasteiger partial charge in [-0.25, -0.2) is 13.4 Å². The molecule has 2 aromatic rings. The summed E-state index contributed by atoms with van der Waals surface area (Å²) < 4.78 is 88.9. The first-order valence-corrected chi connectivity index (χ1v) is 21.4. The molecule has 12 nitrogen and oxygen atoms in total. The van der Waals surface area contributed by atoms with E-state index in [2.05, 4.69) is 9.71 Å². The molecule has 4 heterocycles. The van der Waals surface area contributed by atoms with Crippen LogP contribution in [0.25, 0.3) is 10.9 Å². The van der Waals surface area contributed by atoms with Crippen LogP contribution in [-0.2, 0) is 46.5 Å². The topological polar surface area (TPSA) is 158 Å². The lowest BCUT2D eigenvalue weighted by atomic mass is 9.85. The zero-order valence-corrected chi connectivity index (χ0v) is 33.4. The first-order chi connectivity index (χ1) is 26.9. The van der Waals surface area contributed by atoms with Gasteiger partial charge >= 0.3 is 12.1 Å². The Morgan fingerprint density at radius 3 is 2.58 bits per heavy atom. The number of aromatic nitrogens is 1. The quantitative estimate of drug-likeness (QED) is 0.235. The Balaban J connectivity index is 1.27. The number of ether oxygens (including phenoxy) is 3. The lowest BCUT2D eigenvalue weighted by molar-refractivity contribution is -0.150. The number of hydrogen-bond donors (Lipinski definition) is 1. The van der Waals surface area contributed by atoms with Crippen molar-refractivity contribution < 1.29 is 55.0 Å². The summed E-state index contributed by atoms with van der Waals surface area (Å²) in [6.07, 6.45) is 2.99. The molecule has 0 radical (unpaired) electrons. The van der Waals surface area contributed by atoms with Gasteiger partial charge in [0.15, 0.2) is 17.2 Å². The molecule has 1 aromatic heterocycles. The van der Waals surface area contributed by atoms with Crippen molar-refractivity contribution in [3.63, 3.8) is 0 Å². The number of fused-ring (bicyclic) bond motifs is 5. The number of halogens is 3. The molecule has 310 valence electrons. The van der Waals surface area contributed by atoms with Crippen LogP contribution in [0.1, 0.15) is 109 Å². The van der Waals surface area contributed by atoms with Gasteiger partial charge in [-0.05, 0) is 88.8 Å². The van der Waals surface area contributed by atoms with Crippen LogP contribution < -0.4 is 14.2 Å². The number of nitrogens with one attached hydrogen (secondary N) is 1. The van der Waals surface area contributed by atoms with Crippen molar-refractivity contribution in [1.29, 1.82) is 0 Å². The fourth-order valence-corrected chi connectivity index (χ4v) is 10.1. The highest BCUT2D eigenvalue weighted by molar-refractivity contribution is 7.91. The van der Waals surface area contributed by atoms with E-state index in [9.17, 15) is 40.8 Å². The number of ketones is 1. The lowest BCUT2D eigenvalue weighted by Gasteiger charge is -2.37. The number of esters is 1. The normalized spacial score (nSPS) is 29.2. The Morgan fingerprint density at radius 1 is 1.11 bits per heavy atom. The second-order valence-corrected chi connectivity index (χ2v) is 19.0. The number of Topliss-reactive ketones (excluding diaryl/α,β-unsaturated/α-hetero) is 1. The maximum Gasteiger partial charge on any atom is 0.437 e. The second-order valence-electron chi connectivity index (χ2n) is 16.8. The van der Waals surface area contributed by atoms with Crippen molar-refractivity contribution in [3.05, 3.63) is 41.6 Å². The Morgan fingerprint density at radius 2 is 1.88 bits per heavy atom. The molecule has 2 amide bonds. The molecule has 3 aliphatic heterocycles. The Bertz CT molecular complexity index is 2100. The zero-order chi connectivity index (χ0) is 41.0. The van der Waals surface area contributed by atoms with Crippen LogP contribution in [0.2, 0.25) is 0 Å². The molecule has 1 aromatic carbocycles. The van der Waals surface area contributed by atoms with Gasteiger partial charge in [-0.1, -0.05) is 31.9 Å². The summed E-state index contributed by atoms with van der Waals surface area (Å²) in [5.41, 5.74) is -3.67. The predicted molar refractivity (Wildman–Crippen MR) is 202 cm³/mol. The number of sulfonamides is 1. The number of amides is 2. The van der Waals surface area contributed by atoms with Gasteiger partial charge in [0.25, 0.3) is 0 Å². The van der Waals surface area contributed by atoms with Crippen LogP contribution in [0.4, 0.5) is 13.2 Å². The fourth-order valence-electron chi connectivity index (χ4n) is 8.77. The highest BCUT2D eigenvalue weighted by atomic mass is 32.2. The minimum absolute atomic E-state index is 0.107. The number of carbonyl (C=O) groups excluding carboxylic acids is 4. The van der Waals surface area contributed by atoms with Crippen LogP contribution >= 0.6 is 0 Å². The van der Waals surface area contributed by atoms with Gasteiger partial charge < -0.3 is 19.1 Å². The maximum absolute atomic E-state index is 14.7. The largest absolute Gasteiger partial charge is 0.497 e. The first-order valence-electron chi connectivity index (χ1n) is 19.9. The molecule has 0 unspecified atom stereocenters. The van der Waals surface area contributed by atoms with Crippen molar-refractivity contribution in [2.24, 2.45) is 17.3 Å². The molecule has 5 atom stereocenters.